The smallest absolute Gasteiger partial charge is 0.220 e. The lowest BCUT2D eigenvalue weighted by atomic mass is 10.0. The number of imidazole rings is 1. The molecule has 1 aromatic heterocycles. The second-order valence-corrected chi connectivity index (χ2v) is 7.29. The lowest BCUT2D eigenvalue weighted by Gasteiger charge is -2.19. The van der Waals surface area contributed by atoms with Crippen LogP contribution in [0.2, 0.25) is 0 Å². The molecule has 26 heavy (non-hydrogen) atoms. The standard InChI is InChI=1S/C19H28N4O.2ClH/c1-13(2)11-17(19-22-15-5-3-4-6-16(15)23-19)21-18(24)8-7-14-9-10-20-12-14;;/h3-6,13-14,17,20H,7-12H2,1-2H3,(H,21,24)(H,22,23);2*1H. The van der Waals surface area contributed by atoms with Gasteiger partial charge in [-0.3, -0.25) is 4.79 Å². The first-order valence-corrected chi connectivity index (χ1v) is 9.06. The molecule has 1 saturated heterocycles. The molecule has 3 rings (SSSR count). The number of hydrogen-bond acceptors (Lipinski definition) is 3. The fraction of sp³-hybridized carbons (Fsp3) is 0.579. The van der Waals surface area contributed by atoms with E-state index in [9.17, 15) is 4.79 Å². The molecule has 2 atom stereocenters. The van der Waals surface area contributed by atoms with E-state index >= 15 is 0 Å². The van der Waals surface area contributed by atoms with E-state index in [2.05, 4.69) is 34.4 Å². The van der Waals surface area contributed by atoms with Crippen LogP contribution in [-0.2, 0) is 4.79 Å². The number of fused-ring (bicyclic) bond motifs is 1. The molecule has 3 N–H and O–H groups in total. The third-order valence-electron chi connectivity index (χ3n) is 4.72. The van der Waals surface area contributed by atoms with Crippen LogP contribution in [0.25, 0.3) is 11.0 Å². The summed E-state index contributed by atoms with van der Waals surface area (Å²) >= 11 is 0. The third-order valence-corrected chi connectivity index (χ3v) is 4.72. The van der Waals surface area contributed by atoms with Crippen molar-refractivity contribution in [3.8, 4) is 0 Å². The number of aromatic amines is 1. The fourth-order valence-corrected chi connectivity index (χ4v) is 3.41. The molecule has 0 bridgehead atoms. The van der Waals surface area contributed by atoms with Crippen molar-refractivity contribution in [3.05, 3.63) is 30.1 Å². The molecule has 1 amide bonds. The van der Waals surface area contributed by atoms with Gasteiger partial charge in [-0.05, 0) is 56.3 Å². The first-order chi connectivity index (χ1) is 11.6. The van der Waals surface area contributed by atoms with Crippen molar-refractivity contribution in [2.24, 2.45) is 11.8 Å². The van der Waals surface area contributed by atoms with Crippen LogP contribution in [0.4, 0.5) is 0 Å². The Kier molecular flexibility index (Phi) is 9.41. The van der Waals surface area contributed by atoms with Gasteiger partial charge in [-0.25, -0.2) is 4.98 Å². The minimum Gasteiger partial charge on any atom is -0.346 e. The number of hydrogen-bond donors (Lipinski definition) is 3. The molecule has 2 aromatic rings. The molecule has 5 nitrogen and oxygen atoms in total. The molecular formula is C19H30Cl2N4O. The number of para-hydroxylation sites is 2. The van der Waals surface area contributed by atoms with Crippen molar-refractivity contribution in [3.63, 3.8) is 0 Å². The number of amides is 1. The summed E-state index contributed by atoms with van der Waals surface area (Å²) in [5, 5.41) is 6.55. The van der Waals surface area contributed by atoms with Gasteiger partial charge in [0.15, 0.2) is 0 Å². The number of benzene rings is 1. The maximum Gasteiger partial charge on any atom is 0.220 e. The summed E-state index contributed by atoms with van der Waals surface area (Å²) < 4.78 is 0. The normalized spacial score (nSPS) is 17.6. The lowest BCUT2D eigenvalue weighted by molar-refractivity contribution is -0.122. The second kappa shape index (κ2) is 10.8. The van der Waals surface area contributed by atoms with E-state index in [1.165, 1.54) is 6.42 Å². The van der Waals surface area contributed by atoms with Crippen LogP contribution >= 0.6 is 24.8 Å². The number of carbonyl (C=O) groups excluding carboxylic acids is 1. The van der Waals surface area contributed by atoms with Crippen molar-refractivity contribution >= 4 is 41.8 Å². The van der Waals surface area contributed by atoms with Gasteiger partial charge in [0.25, 0.3) is 0 Å². The molecule has 0 spiro atoms. The van der Waals surface area contributed by atoms with Gasteiger partial charge < -0.3 is 15.6 Å². The van der Waals surface area contributed by atoms with E-state index < -0.39 is 0 Å². The van der Waals surface area contributed by atoms with Gasteiger partial charge >= 0.3 is 0 Å². The predicted molar refractivity (Wildman–Crippen MR) is 111 cm³/mol. The first-order valence-electron chi connectivity index (χ1n) is 9.06. The lowest BCUT2D eigenvalue weighted by Crippen LogP contribution is -2.30. The molecule has 0 saturated carbocycles. The summed E-state index contributed by atoms with van der Waals surface area (Å²) in [6.45, 7) is 6.48. The fourth-order valence-electron chi connectivity index (χ4n) is 3.41. The van der Waals surface area contributed by atoms with Gasteiger partial charge in [-0.2, -0.15) is 0 Å². The summed E-state index contributed by atoms with van der Waals surface area (Å²) in [6, 6.07) is 7.95. The highest BCUT2D eigenvalue weighted by atomic mass is 35.5. The zero-order valence-electron chi connectivity index (χ0n) is 15.5. The summed E-state index contributed by atoms with van der Waals surface area (Å²) in [4.78, 5) is 20.5. The second-order valence-electron chi connectivity index (χ2n) is 7.29. The van der Waals surface area contributed by atoms with Crippen LogP contribution in [0.5, 0.6) is 0 Å². The molecule has 2 heterocycles. The maximum atomic E-state index is 12.4. The summed E-state index contributed by atoms with van der Waals surface area (Å²) in [7, 11) is 0. The average molecular weight is 401 g/mol. The Labute approximate surface area is 167 Å². The van der Waals surface area contributed by atoms with Crippen molar-refractivity contribution in [2.75, 3.05) is 13.1 Å². The zero-order chi connectivity index (χ0) is 16.9. The van der Waals surface area contributed by atoms with Crippen molar-refractivity contribution in [2.45, 2.75) is 45.6 Å². The van der Waals surface area contributed by atoms with Gasteiger partial charge in [0.2, 0.25) is 5.91 Å². The molecule has 7 heteroatoms. The number of H-pyrrole nitrogens is 1. The minimum atomic E-state index is -0.0494. The Morgan fingerprint density at radius 1 is 1.31 bits per heavy atom. The Bertz CT molecular complexity index is 650. The van der Waals surface area contributed by atoms with Crippen LogP contribution in [-0.4, -0.2) is 29.0 Å². The molecule has 1 aliphatic heterocycles. The van der Waals surface area contributed by atoms with E-state index in [-0.39, 0.29) is 36.8 Å². The van der Waals surface area contributed by atoms with Crippen LogP contribution < -0.4 is 10.6 Å². The van der Waals surface area contributed by atoms with Gasteiger partial charge in [-0.15, -0.1) is 24.8 Å². The quantitative estimate of drug-likeness (QED) is 0.657. The number of aromatic nitrogens is 2. The monoisotopic (exact) mass is 400 g/mol. The zero-order valence-corrected chi connectivity index (χ0v) is 17.1. The Hall–Kier alpha value is -1.30. The molecule has 1 fully saturated rings. The molecule has 0 radical (unpaired) electrons. The number of nitrogens with one attached hydrogen (secondary N) is 3. The SMILES string of the molecule is CC(C)CC(NC(=O)CCC1CCNC1)c1nc2ccccc2[nH]1.Cl.Cl. The van der Waals surface area contributed by atoms with E-state index in [1.807, 2.05) is 24.3 Å². The van der Waals surface area contributed by atoms with Gasteiger partial charge in [0.1, 0.15) is 5.82 Å². The first kappa shape index (κ1) is 22.7. The van der Waals surface area contributed by atoms with E-state index in [0.29, 0.717) is 18.3 Å². The Balaban J connectivity index is 0.00000169. The summed E-state index contributed by atoms with van der Waals surface area (Å²) in [5.74, 6) is 2.13. The van der Waals surface area contributed by atoms with Gasteiger partial charge in [-0.1, -0.05) is 26.0 Å². The van der Waals surface area contributed by atoms with Crippen LogP contribution in [0.15, 0.2) is 24.3 Å². The van der Waals surface area contributed by atoms with E-state index in [4.69, 9.17) is 0 Å². The van der Waals surface area contributed by atoms with Crippen LogP contribution in [0, 0.1) is 11.8 Å². The number of carbonyl (C=O) groups is 1. The molecular weight excluding hydrogens is 371 g/mol. The Morgan fingerprint density at radius 3 is 2.73 bits per heavy atom. The number of halogens is 2. The number of rotatable bonds is 7. The highest BCUT2D eigenvalue weighted by Gasteiger charge is 2.21. The highest BCUT2D eigenvalue weighted by Crippen LogP contribution is 2.22. The topological polar surface area (TPSA) is 69.8 Å². The van der Waals surface area contributed by atoms with Crippen molar-refractivity contribution < 1.29 is 4.79 Å². The molecule has 146 valence electrons. The minimum absolute atomic E-state index is 0. The Morgan fingerprint density at radius 2 is 2.08 bits per heavy atom. The van der Waals surface area contributed by atoms with Gasteiger partial charge in [0.05, 0.1) is 17.1 Å². The maximum absolute atomic E-state index is 12.4. The van der Waals surface area contributed by atoms with E-state index in [0.717, 1.165) is 42.8 Å². The van der Waals surface area contributed by atoms with Crippen LogP contribution in [0.1, 0.15) is 51.4 Å². The molecule has 1 aliphatic rings. The largest absolute Gasteiger partial charge is 0.346 e. The highest BCUT2D eigenvalue weighted by molar-refractivity contribution is 5.85. The third kappa shape index (κ3) is 6.15. The van der Waals surface area contributed by atoms with Crippen molar-refractivity contribution in [1.29, 1.82) is 0 Å². The van der Waals surface area contributed by atoms with Crippen LogP contribution in [0.3, 0.4) is 0 Å². The molecule has 0 aliphatic carbocycles. The summed E-state index contributed by atoms with van der Waals surface area (Å²) in [5.41, 5.74) is 1.97. The summed E-state index contributed by atoms with van der Waals surface area (Å²) in [6.07, 6.45) is 3.64. The van der Waals surface area contributed by atoms with Gasteiger partial charge in [0, 0.05) is 6.42 Å². The molecule has 2 unspecified atom stereocenters. The van der Waals surface area contributed by atoms with Crippen molar-refractivity contribution in [1.82, 2.24) is 20.6 Å². The molecule has 1 aromatic carbocycles. The van der Waals surface area contributed by atoms with E-state index in [1.54, 1.807) is 0 Å². The predicted octanol–water partition coefficient (Wildman–Crippen LogP) is 4.00. The average Bonchev–Trinajstić information content (AvgIpc) is 3.21. The number of nitrogens with zero attached hydrogens (tertiary/aromatic N) is 1.